The van der Waals surface area contributed by atoms with Gasteiger partial charge in [0, 0.05) is 18.2 Å². The summed E-state index contributed by atoms with van der Waals surface area (Å²) in [4.78, 5) is 6.38. The number of aliphatic hydroxyl groups excluding tert-OH is 1. The summed E-state index contributed by atoms with van der Waals surface area (Å²) in [6.45, 7) is 4.48. The summed E-state index contributed by atoms with van der Waals surface area (Å²) in [6, 6.07) is 14.4. The smallest absolute Gasteiger partial charge is 0.383 e. The van der Waals surface area contributed by atoms with Crippen molar-refractivity contribution in [1.29, 1.82) is 5.26 Å². The summed E-state index contributed by atoms with van der Waals surface area (Å²) in [6.07, 6.45) is -4.55. The molecule has 0 spiro atoms. The number of nitriles is 1. The van der Waals surface area contributed by atoms with Gasteiger partial charge in [0.1, 0.15) is 0 Å². The maximum atomic E-state index is 13.6. The number of aliphatic hydroxyl groups is 1. The monoisotopic (exact) mass is 417 g/mol. The van der Waals surface area contributed by atoms with Gasteiger partial charge in [-0.05, 0) is 69.5 Å². The van der Waals surface area contributed by atoms with Crippen LogP contribution < -0.4 is 0 Å². The van der Waals surface area contributed by atoms with Crippen molar-refractivity contribution in [3.8, 4) is 6.07 Å². The fourth-order valence-electron chi connectivity index (χ4n) is 4.31. The highest BCUT2D eigenvalue weighted by Gasteiger charge is 2.56. The summed E-state index contributed by atoms with van der Waals surface area (Å²) < 4.78 is 40.8. The number of aryl methyl sites for hydroxylation is 1. The number of aromatic nitrogens is 1. The van der Waals surface area contributed by atoms with Gasteiger partial charge in [-0.2, -0.15) is 18.4 Å². The highest BCUT2D eigenvalue weighted by Crippen LogP contribution is 2.47. The lowest BCUT2D eigenvalue weighted by Crippen LogP contribution is -2.49. The fourth-order valence-corrected chi connectivity index (χ4v) is 4.31. The number of halogens is 3. The van der Waals surface area contributed by atoms with E-state index in [0.717, 1.165) is 11.3 Å². The van der Waals surface area contributed by atoms with Crippen LogP contribution in [0.1, 0.15) is 43.5 Å². The third kappa shape index (κ3) is 4.50. The van der Waals surface area contributed by atoms with E-state index in [-0.39, 0.29) is 19.4 Å². The van der Waals surface area contributed by atoms with Gasteiger partial charge in [-0.3, -0.25) is 9.88 Å². The molecular weight excluding hydrogens is 391 g/mol. The standard InChI is InChI=1S/C23H26F3N3O/c1-21(2,19-5-3-4-13-28-19)29-14-12-22(16-29,20(30)23(24,25)26)11-10-17-6-8-18(15-27)9-7-17/h3-9,13,20,30H,10-12,14,16H2,1-2H3/t20?,22-/m1/s1. The zero-order chi connectivity index (χ0) is 22.0. The summed E-state index contributed by atoms with van der Waals surface area (Å²) in [5.74, 6) is 0. The van der Waals surface area contributed by atoms with Crippen molar-refractivity contribution in [2.24, 2.45) is 5.41 Å². The van der Waals surface area contributed by atoms with Crippen LogP contribution in [0.4, 0.5) is 13.2 Å². The molecule has 2 heterocycles. The third-order valence-corrected chi connectivity index (χ3v) is 6.35. The van der Waals surface area contributed by atoms with Gasteiger partial charge in [-0.15, -0.1) is 0 Å². The molecule has 1 fully saturated rings. The molecule has 4 nitrogen and oxygen atoms in total. The van der Waals surface area contributed by atoms with Crippen molar-refractivity contribution >= 4 is 0 Å². The lowest BCUT2D eigenvalue weighted by Gasteiger charge is -2.39. The Morgan fingerprint density at radius 2 is 1.90 bits per heavy atom. The molecule has 0 radical (unpaired) electrons. The zero-order valence-electron chi connectivity index (χ0n) is 17.2. The maximum absolute atomic E-state index is 13.6. The Morgan fingerprint density at radius 1 is 1.20 bits per heavy atom. The molecule has 2 aromatic rings. The minimum atomic E-state index is -4.68. The first-order valence-electron chi connectivity index (χ1n) is 9.99. The Balaban J connectivity index is 1.83. The molecule has 7 heteroatoms. The number of rotatable bonds is 6. The van der Waals surface area contributed by atoms with E-state index < -0.39 is 23.2 Å². The highest BCUT2D eigenvalue weighted by atomic mass is 19.4. The quantitative estimate of drug-likeness (QED) is 0.755. The van der Waals surface area contributed by atoms with Gasteiger partial charge in [0.2, 0.25) is 0 Å². The van der Waals surface area contributed by atoms with Crippen LogP contribution >= 0.6 is 0 Å². The Bertz CT molecular complexity index is 891. The number of pyridine rings is 1. The first-order chi connectivity index (χ1) is 14.1. The first kappa shape index (κ1) is 22.3. The van der Waals surface area contributed by atoms with E-state index in [9.17, 15) is 18.3 Å². The van der Waals surface area contributed by atoms with Gasteiger partial charge in [-0.1, -0.05) is 18.2 Å². The van der Waals surface area contributed by atoms with Crippen LogP contribution in [-0.4, -0.2) is 40.4 Å². The van der Waals surface area contributed by atoms with Crippen molar-refractivity contribution in [1.82, 2.24) is 9.88 Å². The van der Waals surface area contributed by atoms with Gasteiger partial charge in [0.05, 0.1) is 22.9 Å². The molecule has 1 saturated heterocycles. The average Bonchev–Trinajstić information content (AvgIpc) is 3.18. The molecule has 30 heavy (non-hydrogen) atoms. The van der Waals surface area contributed by atoms with Crippen LogP contribution in [0, 0.1) is 16.7 Å². The van der Waals surface area contributed by atoms with Crippen LogP contribution in [0.3, 0.4) is 0 Å². The summed E-state index contributed by atoms with van der Waals surface area (Å²) in [5, 5.41) is 19.3. The van der Waals surface area contributed by atoms with Crippen LogP contribution in [0.2, 0.25) is 0 Å². The fraction of sp³-hybridized carbons (Fsp3) is 0.478. The van der Waals surface area contributed by atoms with Gasteiger partial charge >= 0.3 is 6.18 Å². The van der Waals surface area contributed by atoms with E-state index >= 15 is 0 Å². The number of alkyl halides is 3. The first-order valence-corrected chi connectivity index (χ1v) is 9.99. The van der Waals surface area contributed by atoms with Crippen molar-refractivity contribution in [2.45, 2.75) is 50.9 Å². The van der Waals surface area contributed by atoms with E-state index in [0.29, 0.717) is 18.5 Å². The predicted octanol–water partition coefficient (Wildman–Crippen LogP) is 4.44. The molecule has 0 saturated carbocycles. The molecule has 160 valence electrons. The number of likely N-dealkylation sites (tertiary alicyclic amines) is 1. The number of hydrogen-bond donors (Lipinski definition) is 1. The summed E-state index contributed by atoms with van der Waals surface area (Å²) in [5.41, 5.74) is 0.300. The molecule has 0 amide bonds. The van der Waals surface area contributed by atoms with E-state index in [1.54, 1.807) is 36.5 Å². The molecule has 2 atom stereocenters. The molecule has 0 aliphatic carbocycles. The number of benzene rings is 1. The van der Waals surface area contributed by atoms with Gasteiger partial charge in [0.15, 0.2) is 6.10 Å². The molecule has 1 aromatic carbocycles. The topological polar surface area (TPSA) is 60.2 Å². The average molecular weight is 417 g/mol. The second-order valence-electron chi connectivity index (χ2n) is 8.56. The largest absolute Gasteiger partial charge is 0.414 e. The third-order valence-electron chi connectivity index (χ3n) is 6.35. The second-order valence-corrected chi connectivity index (χ2v) is 8.56. The van der Waals surface area contributed by atoms with Gasteiger partial charge in [-0.25, -0.2) is 0 Å². The number of nitrogens with zero attached hydrogens (tertiary/aromatic N) is 3. The lowest BCUT2D eigenvalue weighted by atomic mass is 9.75. The minimum Gasteiger partial charge on any atom is -0.383 e. The maximum Gasteiger partial charge on any atom is 0.414 e. The molecule has 1 aliphatic heterocycles. The lowest BCUT2D eigenvalue weighted by molar-refractivity contribution is -0.239. The van der Waals surface area contributed by atoms with E-state index in [2.05, 4.69) is 4.98 Å². The molecular formula is C23H26F3N3O. The van der Waals surface area contributed by atoms with Crippen molar-refractivity contribution in [3.05, 3.63) is 65.5 Å². The molecule has 3 rings (SSSR count). The van der Waals surface area contributed by atoms with Crippen LogP contribution in [-0.2, 0) is 12.0 Å². The predicted molar refractivity (Wildman–Crippen MR) is 107 cm³/mol. The summed E-state index contributed by atoms with van der Waals surface area (Å²) in [7, 11) is 0. The molecule has 1 N–H and O–H groups in total. The molecule has 1 aliphatic rings. The molecule has 1 unspecified atom stereocenters. The van der Waals surface area contributed by atoms with E-state index in [1.165, 1.54) is 0 Å². The van der Waals surface area contributed by atoms with Crippen LogP contribution in [0.5, 0.6) is 0 Å². The second kappa shape index (κ2) is 8.37. The zero-order valence-corrected chi connectivity index (χ0v) is 17.2. The van der Waals surface area contributed by atoms with Gasteiger partial charge < -0.3 is 5.11 Å². The van der Waals surface area contributed by atoms with Crippen LogP contribution in [0.15, 0.2) is 48.7 Å². The number of hydrogen-bond acceptors (Lipinski definition) is 4. The normalized spacial score (nSPS) is 21.4. The van der Waals surface area contributed by atoms with Crippen molar-refractivity contribution in [3.63, 3.8) is 0 Å². The highest BCUT2D eigenvalue weighted by molar-refractivity contribution is 5.31. The Kier molecular flexibility index (Phi) is 6.21. The van der Waals surface area contributed by atoms with Gasteiger partial charge in [0.25, 0.3) is 0 Å². The Labute approximate surface area is 175 Å². The van der Waals surface area contributed by atoms with E-state index in [1.807, 2.05) is 36.9 Å². The minimum absolute atomic E-state index is 0.132. The van der Waals surface area contributed by atoms with E-state index in [4.69, 9.17) is 5.26 Å². The Morgan fingerprint density at radius 3 is 2.47 bits per heavy atom. The SMILES string of the molecule is CC(C)(c1ccccn1)N1CC[C@@](CCc2ccc(C#N)cc2)(C(O)C(F)(F)F)C1. The summed E-state index contributed by atoms with van der Waals surface area (Å²) >= 11 is 0. The Hall–Kier alpha value is -2.43. The van der Waals surface area contributed by atoms with Crippen LogP contribution in [0.25, 0.3) is 0 Å². The van der Waals surface area contributed by atoms with Crippen molar-refractivity contribution in [2.75, 3.05) is 13.1 Å². The van der Waals surface area contributed by atoms with Crippen molar-refractivity contribution < 1.29 is 18.3 Å². The molecule has 0 bridgehead atoms. The molecule has 1 aromatic heterocycles.